The number of rotatable bonds is 0. The molecule has 3 heteroatoms. The van der Waals surface area contributed by atoms with E-state index in [1.807, 2.05) is 0 Å². The molecule has 0 N–H and O–H groups in total. The Bertz CT molecular complexity index is 62.6. The van der Waals surface area contributed by atoms with Crippen LogP contribution in [0.2, 0.25) is 0 Å². The van der Waals surface area contributed by atoms with Gasteiger partial charge < -0.3 is 0 Å². The van der Waals surface area contributed by atoms with E-state index in [-0.39, 0.29) is 11.0 Å². The Kier molecular flexibility index (Phi) is 19.1. The topological polar surface area (TPSA) is 47.6 Å². The van der Waals surface area contributed by atoms with Gasteiger partial charge in [-0.05, 0) is 11.0 Å². The summed E-state index contributed by atoms with van der Waals surface area (Å²) in [6.07, 6.45) is 0. The standard InChI is InChI=1S/C2N2.H4Si/c3-1-2-4;/h;1H4. The average molecular weight is 84.2 g/mol. The van der Waals surface area contributed by atoms with E-state index >= 15 is 0 Å². The summed E-state index contributed by atoms with van der Waals surface area (Å²) in [6.45, 7) is 0. The zero-order valence-electron chi connectivity index (χ0n) is 1.89. The van der Waals surface area contributed by atoms with Crippen molar-refractivity contribution in [1.29, 1.82) is 10.5 Å². The van der Waals surface area contributed by atoms with Gasteiger partial charge in [-0.1, -0.05) is 0 Å². The van der Waals surface area contributed by atoms with Gasteiger partial charge in [0.25, 0.3) is 0 Å². The zero-order valence-corrected chi connectivity index (χ0v) is 1.89. The molecule has 0 aromatic heterocycles. The quantitative estimate of drug-likeness (QED) is 0.338. The fourth-order valence-corrected chi connectivity index (χ4v) is 0. The Morgan fingerprint density at radius 2 is 1.20 bits per heavy atom. The van der Waals surface area contributed by atoms with Gasteiger partial charge in [0.05, 0.1) is 0 Å². The Hall–Kier alpha value is -0.803. The van der Waals surface area contributed by atoms with E-state index in [4.69, 9.17) is 10.5 Å². The third-order valence-corrected chi connectivity index (χ3v) is 0.0500. The third-order valence-electron chi connectivity index (χ3n) is 0.0500. The summed E-state index contributed by atoms with van der Waals surface area (Å²) >= 11 is 0. The van der Waals surface area contributed by atoms with Crippen LogP contribution < -0.4 is 0 Å². The van der Waals surface area contributed by atoms with Crippen molar-refractivity contribution in [2.45, 2.75) is 0 Å². The Labute approximate surface area is 34.7 Å². The molecule has 0 spiro atoms. The van der Waals surface area contributed by atoms with Crippen molar-refractivity contribution in [2.75, 3.05) is 0 Å². The minimum Gasteiger partial charge on any atom is -0.181 e. The number of nitriles is 2. The lowest BCUT2D eigenvalue weighted by molar-refractivity contribution is 1.49. The van der Waals surface area contributed by atoms with Crippen molar-refractivity contribution in [1.82, 2.24) is 0 Å². The average Bonchev–Trinajstić information content (AvgIpc) is 1.37. The molecule has 0 bridgehead atoms. The second-order valence-corrected chi connectivity index (χ2v) is 0.224. The van der Waals surface area contributed by atoms with Crippen molar-refractivity contribution in [3.8, 4) is 12.1 Å². The van der Waals surface area contributed by atoms with Gasteiger partial charge >= 0.3 is 0 Å². The van der Waals surface area contributed by atoms with E-state index in [9.17, 15) is 0 Å². The molecular weight excluding hydrogens is 80.1 g/mol. The molecule has 0 saturated carbocycles. The van der Waals surface area contributed by atoms with Crippen molar-refractivity contribution < 1.29 is 0 Å². The monoisotopic (exact) mass is 84.0 g/mol. The van der Waals surface area contributed by atoms with Crippen LogP contribution in [0.3, 0.4) is 0 Å². The van der Waals surface area contributed by atoms with E-state index in [0.717, 1.165) is 0 Å². The highest BCUT2D eigenvalue weighted by molar-refractivity contribution is 5.75. The summed E-state index contributed by atoms with van der Waals surface area (Å²) in [7, 11) is 0. The van der Waals surface area contributed by atoms with Gasteiger partial charge in [-0.3, -0.25) is 0 Å². The van der Waals surface area contributed by atoms with Crippen LogP contribution >= 0.6 is 0 Å². The highest BCUT2D eigenvalue weighted by atomic mass is 28.1. The molecule has 26 valence electrons. The molecule has 0 heterocycles. The number of hydrogen-bond acceptors (Lipinski definition) is 2. The van der Waals surface area contributed by atoms with E-state index < -0.39 is 0 Å². The predicted octanol–water partition coefficient (Wildman–Crippen LogP) is -1.42. The maximum atomic E-state index is 7.26. The SMILES string of the molecule is N#CC#N.[SiH4]. The lowest BCUT2D eigenvalue weighted by Gasteiger charge is -1.16. The second kappa shape index (κ2) is 10.8. The molecule has 0 aliphatic carbocycles. The molecule has 0 unspecified atom stereocenters. The van der Waals surface area contributed by atoms with E-state index in [0.29, 0.717) is 0 Å². The van der Waals surface area contributed by atoms with Crippen molar-refractivity contribution in [3.63, 3.8) is 0 Å². The van der Waals surface area contributed by atoms with Crippen LogP contribution in [0, 0.1) is 22.7 Å². The van der Waals surface area contributed by atoms with Crippen LogP contribution in [-0.2, 0) is 0 Å². The maximum absolute atomic E-state index is 7.26. The van der Waals surface area contributed by atoms with Crippen LogP contribution in [0.4, 0.5) is 0 Å². The van der Waals surface area contributed by atoms with Crippen LogP contribution in [0.5, 0.6) is 0 Å². The summed E-state index contributed by atoms with van der Waals surface area (Å²) in [4.78, 5) is 0. The first kappa shape index (κ1) is 8.89. The smallest absolute Gasteiger partial charge is 0.181 e. The van der Waals surface area contributed by atoms with E-state index in [1.54, 1.807) is 0 Å². The van der Waals surface area contributed by atoms with Crippen LogP contribution in [-0.4, -0.2) is 11.0 Å². The van der Waals surface area contributed by atoms with E-state index in [1.165, 1.54) is 12.1 Å². The third kappa shape index (κ3) is 118. The van der Waals surface area contributed by atoms with Gasteiger partial charge in [0.1, 0.15) is 0 Å². The normalized spacial score (nSPS) is 2.00. The Morgan fingerprint density at radius 1 is 1.00 bits per heavy atom. The maximum Gasteiger partial charge on any atom is 0.181 e. The summed E-state index contributed by atoms with van der Waals surface area (Å²) in [5, 5.41) is 14.5. The molecule has 5 heavy (non-hydrogen) atoms. The summed E-state index contributed by atoms with van der Waals surface area (Å²) in [5.41, 5.74) is 0. The Morgan fingerprint density at radius 3 is 1.20 bits per heavy atom. The number of nitrogens with zero attached hydrogens (tertiary/aromatic N) is 2. The summed E-state index contributed by atoms with van der Waals surface area (Å²) in [5.74, 6) is 0. The highest BCUT2D eigenvalue weighted by Gasteiger charge is 1.39. The largest absolute Gasteiger partial charge is 0.181 e. The molecule has 2 nitrogen and oxygen atoms in total. The molecule has 0 atom stereocenters. The van der Waals surface area contributed by atoms with Gasteiger partial charge in [0.2, 0.25) is 0 Å². The molecule has 0 aromatic carbocycles. The van der Waals surface area contributed by atoms with Crippen LogP contribution in [0.25, 0.3) is 0 Å². The molecule has 0 aliphatic rings. The predicted molar refractivity (Wildman–Crippen MR) is 22.6 cm³/mol. The first-order chi connectivity index (χ1) is 1.91. The van der Waals surface area contributed by atoms with Gasteiger partial charge in [-0.15, -0.1) is 0 Å². The molecular formula is C2H4N2Si. The molecule has 0 amide bonds. The van der Waals surface area contributed by atoms with E-state index in [2.05, 4.69) is 0 Å². The molecule has 0 saturated heterocycles. The lowest BCUT2D eigenvalue weighted by atomic mass is 10.9. The molecule has 0 rings (SSSR count). The van der Waals surface area contributed by atoms with Crippen molar-refractivity contribution in [3.05, 3.63) is 0 Å². The lowest BCUT2D eigenvalue weighted by Crippen LogP contribution is -1.26. The number of hydrogen-bond donors (Lipinski definition) is 0. The highest BCUT2D eigenvalue weighted by Crippen LogP contribution is 1.27. The zero-order chi connectivity index (χ0) is 3.41. The molecule has 0 fully saturated rings. The molecule has 0 radical (unpaired) electrons. The Balaban J connectivity index is 0. The minimum absolute atomic E-state index is 0. The van der Waals surface area contributed by atoms with Gasteiger partial charge in [0, 0.05) is 0 Å². The van der Waals surface area contributed by atoms with Gasteiger partial charge in [0.15, 0.2) is 12.1 Å². The fourth-order valence-electron chi connectivity index (χ4n) is 0. The van der Waals surface area contributed by atoms with Crippen molar-refractivity contribution >= 4 is 11.0 Å². The second-order valence-electron chi connectivity index (χ2n) is 0.224. The summed E-state index contributed by atoms with van der Waals surface area (Å²) in [6, 6.07) is 2.47. The molecule has 0 aromatic rings. The summed E-state index contributed by atoms with van der Waals surface area (Å²) < 4.78 is 0. The fraction of sp³-hybridized carbons (Fsp3) is 0. The minimum atomic E-state index is 0. The van der Waals surface area contributed by atoms with Crippen LogP contribution in [0.1, 0.15) is 0 Å². The van der Waals surface area contributed by atoms with Gasteiger partial charge in [-0.25, -0.2) is 0 Å². The van der Waals surface area contributed by atoms with Crippen LogP contribution in [0.15, 0.2) is 0 Å². The van der Waals surface area contributed by atoms with Crippen molar-refractivity contribution in [2.24, 2.45) is 0 Å². The first-order valence-corrected chi connectivity index (χ1v) is 0.697. The molecule has 0 aliphatic heterocycles. The first-order valence-electron chi connectivity index (χ1n) is 0.697. The van der Waals surface area contributed by atoms with Gasteiger partial charge in [-0.2, -0.15) is 10.5 Å².